The van der Waals surface area contributed by atoms with Gasteiger partial charge in [-0.05, 0) is 81.6 Å². The molecule has 1 heterocycles. The molecule has 0 bridgehead atoms. The number of aromatic hydroxyl groups is 1. The molecule has 0 aliphatic rings. The van der Waals surface area contributed by atoms with Gasteiger partial charge < -0.3 is 14.3 Å². The summed E-state index contributed by atoms with van der Waals surface area (Å²) in [6.07, 6.45) is 0. The lowest BCUT2D eigenvalue weighted by molar-refractivity contribution is -0.115. The fourth-order valence-electron chi connectivity index (χ4n) is 3.05. The second-order valence-corrected chi connectivity index (χ2v) is 9.75. The Hall–Kier alpha value is -2.57. The predicted molar refractivity (Wildman–Crippen MR) is 156 cm³/mol. The maximum atomic E-state index is 11.8. The van der Waals surface area contributed by atoms with Gasteiger partial charge >= 0.3 is 5.63 Å². The highest BCUT2D eigenvalue weighted by Gasteiger charge is 2.19. The van der Waals surface area contributed by atoms with Crippen LogP contribution in [0.3, 0.4) is 0 Å². The molecule has 0 amide bonds. The summed E-state index contributed by atoms with van der Waals surface area (Å²) >= 11 is 28.8. The second kappa shape index (κ2) is 15.7. The van der Waals surface area contributed by atoms with E-state index in [9.17, 15) is 24.3 Å². The number of aryl methyl sites for hydroxylation is 3. The van der Waals surface area contributed by atoms with E-state index in [-0.39, 0.29) is 40.7 Å². The Morgan fingerprint density at radius 2 is 1.32 bits per heavy atom. The van der Waals surface area contributed by atoms with Gasteiger partial charge in [-0.15, -0.1) is 0 Å². The quantitative estimate of drug-likeness (QED) is 0.179. The molecule has 3 rings (SSSR count). The van der Waals surface area contributed by atoms with Crippen molar-refractivity contribution in [1.82, 2.24) is 0 Å². The smallest absolute Gasteiger partial charge is 0.347 e. The molecule has 0 saturated carbocycles. The van der Waals surface area contributed by atoms with Gasteiger partial charge in [-0.2, -0.15) is 0 Å². The van der Waals surface area contributed by atoms with Crippen LogP contribution in [0.4, 0.5) is 0 Å². The Balaban J connectivity index is 0.000000625. The number of halogens is 5. The van der Waals surface area contributed by atoms with Crippen molar-refractivity contribution in [3.05, 3.63) is 83.3 Å². The van der Waals surface area contributed by atoms with Crippen molar-refractivity contribution in [2.45, 2.75) is 42.0 Å². The molecule has 11 heteroatoms. The SMILES string of the molecule is C.CC(C)=O.Cc1cc(Cl)cc(Cl)c1C(=C=O)C(=O)Cl.Cc1cc(O)c(-c2c(C)cc(Cl)cc2Cl)c(=O)o1. The van der Waals surface area contributed by atoms with Gasteiger partial charge in [0.2, 0.25) is 0 Å². The molecule has 0 aliphatic carbocycles. The highest BCUT2D eigenvalue weighted by Crippen LogP contribution is 2.36. The van der Waals surface area contributed by atoms with Crippen LogP contribution in [0.25, 0.3) is 16.7 Å². The summed E-state index contributed by atoms with van der Waals surface area (Å²) in [6, 6.07) is 7.58. The van der Waals surface area contributed by atoms with Gasteiger partial charge in [-0.3, -0.25) is 4.79 Å². The van der Waals surface area contributed by atoms with Crippen molar-refractivity contribution in [3.63, 3.8) is 0 Å². The number of benzene rings is 2. The Labute approximate surface area is 245 Å². The minimum Gasteiger partial charge on any atom is -0.507 e. The Kier molecular flexibility index (Phi) is 14.7. The third kappa shape index (κ3) is 9.95. The lowest BCUT2D eigenvalue weighted by Gasteiger charge is -2.10. The minimum atomic E-state index is -0.891. The van der Waals surface area contributed by atoms with Crippen molar-refractivity contribution in [1.29, 1.82) is 0 Å². The monoisotopic (exact) mass is 620 g/mol. The van der Waals surface area contributed by atoms with E-state index in [1.165, 1.54) is 38.0 Å². The average molecular weight is 623 g/mol. The molecule has 0 unspecified atom stereocenters. The molecule has 3 aromatic rings. The summed E-state index contributed by atoms with van der Waals surface area (Å²) in [5.41, 5.74) is 1.15. The standard InChI is InChI=1S/C13H10Cl2O3.C10H5Cl3O2.C3H6O.CH4/c1-6-3-8(14)5-9(15)11(6)12-10(16)4-7(2)18-13(12)17;1-5-2-6(11)3-8(12)9(5)7(4-14)10(13)15;1-3(2)4;/h3-5,16H,1-2H3;2-3H,1H3;1-2H3;1H4. The topological polar surface area (TPSA) is 102 Å². The number of hydrogen-bond donors (Lipinski definition) is 1. The first kappa shape index (κ1) is 35.4. The number of carbonyl (C=O) groups excluding carboxylic acids is 3. The molecule has 1 N–H and O–H groups in total. The average Bonchev–Trinajstić information content (AvgIpc) is 2.71. The number of allylic oxidation sites excluding steroid dienone is 1. The van der Waals surface area contributed by atoms with E-state index < -0.39 is 10.9 Å². The molecular weight excluding hydrogens is 598 g/mol. The van der Waals surface area contributed by atoms with E-state index >= 15 is 0 Å². The van der Waals surface area contributed by atoms with Crippen LogP contribution in [0.1, 0.15) is 43.7 Å². The van der Waals surface area contributed by atoms with Crippen molar-refractivity contribution in [3.8, 4) is 16.9 Å². The van der Waals surface area contributed by atoms with Crippen LogP contribution < -0.4 is 5.63 Å². The first-order chi connectivity index (χ1) is 17.1. The Morgan fingerprint density at radius 1 is 0.842 bits per heavy atom. The molecule has 1 aromatic heterocycles. The van der Waals surface area contributed by atoms with Crippen molar-refractivity contribution in [2.24, 2.45) is 0 Å². The molecule has 0 spiro atoms. The summed E-state index contributed by atoms with van der Waals surface area (Å²) in [4.78, 5) is 42.8. The third-order valence-electron chi connectivity index (χ3n) is 4.36. The minimum absolute atomic E-state index is 0. The molecule has 6 nitrogen and oxygen atoms in total. The third-order valence-corrected chi connectivity index (χ3v) is 5.58. The summed E-state index contributed by atoms with van der Waals surface area (Å²) < 4.78 is 4.98. The number of carbonyl (C=O) groups is 2. The summed E-state index contributed by atoms with van der Waals surface area (Å²) in [5, 5.41) is 10.4. The van der Waals surface area contributed by atoms with Crippen LogP contribution in [0.5, 0.6) is 5.75 Å². The molecule has 0 aliphatic heterocycles. The zero-order valence-corrected chi connectivity index (χ0v) is 24.0. The summed E-state index contributed by atoms with van der Waals surface area (Å²) in [5.74, 6) is 1.82. The van der Waals surface area contributed by atoms with Gasteiger partial charge in [0.15, 0.2) is 0 Å². The van der Waals surface area contributed by atoms with E-state index in [0.29, 0.717) is 37.5 Å². The van der Waals surface area contributed by atoms with Crippen LogP contribution in [0.15, 0.2) is 39.5 Å². The molecule has 38 heavy (non-hydrogen) atoms. The normalized spacial score (nSPS) is 9.53. The first-order valence-corrected chi connectivity index (χ1v) is 12.2. The van der Waals surface area contributed by atoms with E-state index in [2.05, 4.69) is 0 Å². The van der Waals surface area contributed by atoms with Crippen LogP contribution in [0.2, 0.25) is 20.1 Å². The van der Waals surface area contributed by atoms with Crippen LogP contribution >= 0.6 is 58.0 Å². The number of Topliss-reactive ketones (excluding diaryl/α,β-unsaturated/α-hetero) is 1. The van der Waals surface area contributed by atoms with Gasteiger partial charge in [0.25, 0.3) is 5.24 Å². The van der Waals surface area contributed by atoms with Crippen molar-refractivity contribution in [2.75, 3.05) is 0 Å². The van der Waals surface area contributed by atoms with Crippen LogP contribution in [-0.4, -0.2) is 22.1 Å². The van der Waals surface area contributed by atoms with Crippen LogP contribution in [0, 0.1) is 20.8 Å². The van der Waals surface area contributed by atoms with Gasteiger partial charge in [-0.25, -0.2) is 9.59 Å². The van der Waals surface area contributed by atoms with E-state index in [1.54, 1.807) is 32.9 Å². The zero-order valence-electron chi connectivity index (χ0n) is 20.3. The zero-order chi connectivity index (χ0) is 28.6. The number of rotatable bonds is 3. The molecule has 0 fully saturated rings. The van der Waals surface area contributed by atoms with E-state index in [1.807, 2.05) is 0 Å². The van der Waals surface area contributed by atoms with Crippen molar-refractivity contribution >= 4 is 80.5 Å². The maximum Gasteiger partial charge on any atom is 0.347 e. The molecule has 0 saturated heterocycles. The lowest BCUT2D eigenvalue weighted by Crippen LogP contribution is -2.05. The summed E-state index contributed by atoms with van der Waals surface area (Å²) in [7, 11) is 0. The van der Waals surface area contributed by atoms with Gasteiger partial charge in [0.1, 0.15) is 34.4 Å². The second-order valence-electron chi connectivity index (χ2n) is 7.72. The van der Waals surface area contributed by atoms with Gasteiger partial charge in [-0.1, -0.05) is 53.8 Å². The fourth-order valence-corrected chi connectivity index (χ4v) is 4.57. The van der Waals surface area contributed by atoms with Crippen molar-refractivity contribution < 1.29 is 23.9 Å². The molecule has 0 radical (unpaired) electrons. The van der Waals surface area contributed by atoms with Gasteiger partial charge in [0, 0.05) is 27.2 Å². The van der Waals surface area contributed by atoms with E-state index in [0.717, 1.165) is 0 Å². The Morgan fingerprint density at radius 3 is 1.71 bits per heavy atom. The largest absolute Gasteiger partial charge is 0.507 e. The summed E-state index contributed by atoms with van der Waals surface area (Å²) in [6.45, 7) is 8.07. The molecular formula is C27H25Cl5O6. The molecule has 204 valence electrons. The van der Waals surface area contributed by atoms with Gasteiger partial charge in [0.05, 0.1) is 10.0 Å². The van der Waals surface area contributed by atoms with Crippen LogP contribution in [-0.2, 0) is 14.4 Å². The highest BCUT2D eigenvalue weighted by molar-refractivity contribution is 6.76. The Bertz CT molecular complexity index is 1400. The molecule has 2 aromatic carbocycles. The number of ketones is 1. The molecule has 0 atom stereocenters. The maximum absolute atomic E-state index is 11.8. The highest BCUT2D eigenvalue weighted by atomic mass is 35.5. The first-order valence-electron chi connectivity index (χ1n) is 10.3. The fraction of sp³-hybridized carbons (Fsp3) is 0.222. The van der Waals surface area contributed by atoms with E-state index in [4.69, 9.17) is 62.4 Å². The lowest BCUT2D eigenvalue weighted by atomic mass is 10.0. The predicted octanol–water partition coefficient (Wildman–Crippen LogP) is 8.45. The number of hydrogen-bond acceptors (Lipinski definition) is 6.